The number of hydrogen-bond acceptors (Lipinski definition) is 5. The summed E-state index contributed by atoms with van der Waals surface area (Å²) in [6.07, 6.45) is 3.58. The molecule has 1 heterocycles. The van der Waals surface area contributed by atoms with Gasteiger partial charge in [-0.3, -0.25) is 4.79 Å². The minimum absolute atomic E-state index is 0.0205. The van der Waals surface area contributed by atoms with Crippen LogP contribution in [0, 0.1) is 13.8 Å². The van der Waals surface area contributed by atoms with E-state index in [0.717, 1.165) is 11.1 Å². The average Bonchev–Trinajstić information content (AvgIpc) is 2.95. The fourth-order valence-corrected chi connectivity index (χ4v) is 7.70. The maximum absolute atomic E-state index is 14.1. The van der Waals surface area contributed by atoms with Gasteiger partial charge in [0.05, 0.1) is 15.8 Å². The topological polar surface area (TPSA) is 104 Å². The first-order valence-corrected chi connectivity index (χ1v) is 16.1. The van der Waals surface area contributed by atoms with Crippen molar-refractivity contribution in [3.8, 4) is 0 Å². The van der Waals surface area contributed by atoms with Gasteiger partial charge < -0.3 is 5.32 Å². The van der Waals surface area contributed by atoms with Gasteiger partial charge in [0.15, 0.2) is 0 Å². The summed E-state index contributed by atoms with van der Waals surface area (Å²) in [7, 11) is -7.87. The maximum atomic E-state index is 14.1. The predicted octanol–water partition coefficient (Wildman–Crippen LogP) is 4.19. The van der Waals surface area contributed by atoms with Crippen molar-refractivity contribution in [3.63, 3.8) is 0 Å². The Morgan fingerprint density at radius 3 is 1.90 bits per heavy atom. The highest BCUT2D eigenvalue weighted by molar-refractivity contribution is 7.89. The zero-order valence-corrected chi connectivity index (χ0v) is 24.4. The van der Waals surface area contributed by atoms with Crippen LogP contribution in [0.1, 0.15) is 35.6 Å². The number of carbonyl (C=O) groups excluding carboxylic acids is 1. The molecular formula is C30H35N3O5S2. The quantitative estimate of drug-likeness (QED) is 0.455. The highest BCUT2D eigenvalue weighted by Gasteiger charge is 2.34. The van der Waals surface area contributed by atoms with E-state index >= 15 is 0 Å². The molecule has 0 radical (unpaired) electrons. The minimum Gasteiger partial charge on any atom is -0.353 e. The molecule has 0 aromatic heterocycles. The van der Waals surface area contributed by atoms with Crippen molar-refractivity contribution in [1.82, 2.24) is 13.9 Å². The molecule has 1 N–H and O–H groups in total. The van der Waals surface area contributed by atoms with Crippen molar-refractivity contribution in [1.29, 1.82) is 0 Å². The summed E-state index contributed by atoms with van der Waals surface area (Å²) < 4.78 is 57.9. The SMILES string of the molecule is Cc1ccc(S(=O)(=O)N2C/C=C/CNC(=O)C[C@@H](c3ccccc3)N(S(=O)(=O)c3ccc(C)cc3)CCC2)cc1. The normalized spacial score (nSPS) is 19.6. The third-order valence-corrected chi connectivity index (χ3v) is 10.7. The van der Waals surface area contributed by atoms with Gasteiger partial charge in [0.2, 0.25) is 26.0 Å². The molecule has 0 fully saturated rings. The van der Waals surface area contributed by atoms with Gasteiger partial charge in [-0.2, -0.15) is 8.61 Å². The van der Waals surface area contributed by atoms with Crippen LogP contribution >= 0.6 is 0 Å². The van der Waals surface area contributed by atoms with Gasteiger partial charge in [-0.15, -0.1) is 0 Å². The lowest BCUT2D eigenvalue weighted by molar-refractivity contribution is -0.121. The number of hydrogen-bond donors (Lipinski definition) is 1. The fourth-order valence-electron chi connectivity index (χ4n) is 4.62. The maximum Gasteiger partial charge on any atom is 0.243 e. The Labute approximate surface area is 237 Å². The van der Waals surface area contributed by atoms with Crippen molar-refractivity contribution in [2.45, 2.75) is 42.5 Å². The molecule has 212 valence electrons. The highest BCUT2D eigenvalue weighted by Crippen LogP contribution is 2.31. The Morgan fingerprint density at radius 1 is 0.725 bits per heavy atom. The van der Waals surface area contributed by atoms with Crippen LogP contribution in [-0.4, -0.2) is 57.5 Å². The van der Waals surface area contributed by atoms with Gasteiger partial charge in [0, 0.05) is 32.6 Å². The van der Waals surface area contributed by atoms with Gasteiger partial charge in [0.25, 0.3) is 0 Å². The van der Waals surface area contributed by atoms with Crippen molar-refractivity contribution >= 4 is 26.0 Å². The largest absolute Gasteiger partial charge is 0.353 e. The van der Waals surface area contributed by atoms with Crippen LogP contribution in [0.2, 0.25) is 0 Å². The van der Waals surface area contributed by atoms with Crippen molar-refractivity contribution in [2.75, 3.05) is 26.2 Å². The summed E-state index contributed by atoms with van der Waals surface area (Å²) in [5.74, 6) is -0.300. The third kappa shape index (κ3) is 7.06. The van der Waals surface area contributed by atoms with E-state index in [9.17, 15) is 21.6 Å². The number of carbonyl (C=O) groups is 1. The zero-order valence-electron chi connectivity index (χ0n) is 22.7. The molecule has 0 aliphatic carbocycles. The lowest BCUT2D eigenvalue weighted by Crippen LogP contribution is -2.40. The summed E-state index contributed by atoms with van der Waals surface area (Å²) in [4.78, 5) is 13.3. The summed E-state index contributed by atoms with van der Waals surface area (Å²) in [5, 5.41) is 2.82. The molecular weight excluding hydrogens is 546 g/mol. The smallest absolute Gasteiger partial charge is 0.243 e. The Morgan fingerprint density at radius 2 is 1.30 bits per heavy atom. The van der Waals surface area contributed by atoms with E-state index in [2.05, 4.69) is 5.32 Å². The van der Waals surface area contributed by atoms with Crippen LogP contribution in [0.25, 0.3) is 0 Å². The number of rotatable bonds is 5. The van der Waals surface area contributed by atoms with Crippen molar-refractivity contribution < 1.29 is 21.6 Å². The molecule has 8 nitrogen and oxygen atoms in total. The molecule has 0 saturated heterocycles. The standard InChI is InChI=1S/C30H35N3O5S2/c1-24-11-15-27(16-12-24)39(35,36)32-20-7-6-19-31-30(34)23-29(26-9-4-3-5-10-26)33(22-8-21-32)40(37,38)28-17-13-25(2)14-18-28/h3-7,9-18,29H,8,19-23H2,1-2H3,(H,31,34)/b7-6+/t29-/m0/s1. The molecule has 0 unspecified atom stereocenters. The van der Waals surface area contributed by atoms with E-state index in [1.54, 1.807) is 60.7 Å². The van der Waals surface area contributed by atoms with E-state index in [1.165, 1.54) is 8.61 Å². The van der Waals surface area contributed by atoms with Gasteiger partial charge in [-0.1, -0.05) is 77.9 Å². The first-order chi connectivity index (χ1) is 19.1. The molecule has 1 atom stereocenters. The number of aryl methyl sites for hydroxylation is 2. The lowest BCUT2D eigenvalue weighted by Gasteiger charge is -2.32. The predicted molar refractivity (Wildman–Crippen MR) is 156 cm³/mol. The molecule has 0 saturated carbocycles. The number of benzene rings is 3. The van der Waals surface area contributed by atoms with Crippen LogP contribution in [0.15, 0.2) is 101 Å². The minimum atomic E-state index is -4.04. The second-order valence-electron chi connectivity index (χ2n) is 9.86. The van der Waals surface area contributed by atoms with Crippen LogP contribution in [-0.2, 0) is 24.8 Å². The molecule has 1 amide bonds. The number of nitrogens with one attached hydrogen (secondary N) is 1. The van der Waals surface area contributed by atoms with E-state index in [0.29, 0.717) is 5.56 Å². The van der Waals surface area contributed by atoms with Crippen LogP contribution in [0.4, 0.5) is 0 Å². The Bertz CT molecular complexity index is 1540. The average molecular weight is 582 g/mol. The summed E-state index contributed by atoms with van der Waals surface area (Å²) >= 11 is 0. The monoisotopic (exact) mass is 581 g/mol. The Balaban J connectivity index is 1.73. The van der Waals surface area contributed by atoms with Gasteiger partial charge in [0.1, 0.15) is 0 Å². The fraction of sp³-hybridized carbons (Fsp3) is 0.300. The molecule has 10 heteroatoms. The van der Waals surface area contributed by atoms with Gasteiger partial charge in [-0.05, 0) is 50.1 Å². The molecule has 1 aliphatic rings. The summed E-state index contributed by atoms with van der Waals surface area (Å²) in [6, 6.07) is 21.5. The molecule has 0 bridgehead atoms. The van der Waals surface area contributed by atoms with Crippen LogP contribution < -0.4 is 5.32 Å². The van der Waals surface area contributed by atoms with Crippen LogP contribution in [0.5, 0.6) is 0 Å². The highest BCUT2D eigenvalue weighted by atomic mass is 32.2. The van der Waals surface area contributed by atoms with E-state index in [-0.39, 0.29) is 54.7 Å². The van der Waals surface area contributed by atoms with Crippen molar-refractivity contribution in [2.24, 2.45) is 0 Å². The first kappa shape index (κ1) is 29.7. The molecule has 3 aromatic carbocycles. The molecule has 4 rings (SSSR count). The third-order valence-electron chi connectivity index (χ3n) is 6.88. The summed E-state index contributed by atoms with van der Waals surface area (Å²) in [5.41, 5.74) is 2.55. The summed E-state index contributed by atoms with van der Waals surface area (Å²) in [6.45, 7) is 4.18. The Hall–Kier alpha value is -3.31. The second-order valence-corrected chi connectivity index (χ2v) is 13.7. The zero-order chi connectivity index (χ0) is 28.8. The van der Waals surface area contributed by atoms with Gasteiger partial charge >= 0.3 is 0 Å². The van der Waals surface area contributed by atoms with E-state index < -0.39 is 26.1 Å². The molecule has 1 aliphatic heterocycles. The first-order valence-electron chi connectivity index (χ1n) is 13.2. The molecule has 0 spiro atoms. The van der Waals surface area contributed by atoms with E-state index in [1.807, 2.05) is 44.2 Å². The lowest BCUT2D eigenvalue weighted by atomic mass is 10.0. The second kappa shape index (κ2) is 12.9. The molecule has 40 heavy (non-hydrogen) atoms. The number of amides is 1. The molecule has 3 aromatic rings. The van der Waals surface area contributed by atoms with Gasteiger partial charge in [-0.25, -0.2) is 16.8 Å². The van der Waals surface area contributed by atoms with Crippen molar-refractivity contribution in [3.05, 3.63) is 108 Å². The van der Waals surface area contributed by atoms with Crippen LogP contribution in [0.3, 0.4) is 0 Å². The Kier molecular flexibility index (Phi) is 9.57. The number of nitrogens with zero attached hydrogens (tertiary/aromatic N) is 2. The van der Waals surface area contributed by atoms with E-state index in [4.69, 9.17) is 0 Å². The number of sulfonamides is 2.